The van der Waals surface area contributed by atoms with Gasteiger partial charge in [-0.05, 0) is 37.5 Å². The minimum absolute atomic E-state index is 0.00435. The average Bonchev–Trinajstić information content (AvgIpc) is 2.39. The minimum Gasteiger partial charge on any atom is -0.377 e. The van der Waals surface area contributed by atoms with Crippen molar-refractivity contribution in [3.63, 3.8) is 0 Å². The first-order chi connectivity index (χ1) is 9.06. The van der Waals surface area contributed by atoms with Gasteiger partial charge in [0.05, 0.1) is 0 Å². The number of Topliss-reactive ketones (excluding diaryl/α,β-unsaturated/α-hetero) is 1. The molecule has 1 aromatic carbocycles. The zero-order valence-corrected chi connectivity index (χ0v) is 11.7. The summed E-state index contributed by atoms with van der Waals surface area (Å²) >= 11 is 5.85. The quantitative estimate of drug-likeness (QED) is 0.788. The van der Waals surface area contributed by atoms with Gasteiger partial charge in [0.2, 0.25) is 0 Å². The van der Waals surface area contributed by atoms with Crippen LogP contribution >= 0.6 is 11.6 Å². The molecule has 2 rings (SSSR count). The molecule has 19 heavy (non-hydrogen) atoms. The van der Waals surface area contributed by atoms with Gasteiger partial charge in [-0.2, -0.15) is 0 Å². The summed E-state index contributed by atoms with van der Waals surface area (Å²) in [7, 11) is 0. The lowest BCUT2D eigenvalue weighted by Crippen LogP contribution is -2.30. The molecular weight excluding hydrogens is 265 g/mol. The second-order valence-electron chi connectivity index (χ2n) is 4.82. The van der Waals surface area contributed by atoms with Crippen LogP contribution in [0.1, 0.15) is 25.3 Å². The van der Waals surface area contributed by atoms with E-state index in [2.05, 4.69) is 0 Å². The third-order valence-electron chi connectivity index (χ3n) is 3.31. The topological polar surface area (TPSA) is 20.3 Å². The van der Waals surface area contributed by atoms with Crippen molar-refractivity contribution in [3.05, 3.63) is 41.1 Å². The molecule has 0 aromatic heterocycles. The van der Waals surface area contributed by atoms with Gasteiger partial charge in [0.1, 0.15) is 6.17 Å². The standard InChI is InChI=1S/C15H17ClFNO/c1-11(19)15(12-2-4-13(16)5-3-12)10-18-8-6-14(17)7-9-18/h2-5,10,14H,6-9H2,1H3/b15-10+. The Hall–Kier alpha value is -1.35. The van der Waals surface area contributed by atoms with Crippen molar-refractivity contribution in [2.75, 3.05) is 13.1 Å². The van der Waals surface area contributed by atoms with Crippen molar-refractivity contribution in [1.29, 1.82) is 0 Å². The van der Waals surface area contributed by atoms with E-state index in [1.54, 1.807) is 19.1 Å². The zero-order chi connectivity index (χ0) is 13.8. The van der Waals surface area contributed by atoms with E-state index in [4.69, 9.17) is 11.6 Å². The molecule has 1 heterocycles. The van der Waals surface area contributed by atoms with Gasteiger partial charge in [-0.3, -0.25) is 4.79 Å². The van der Waals surface area contributed by atoms with E-state index in [9.17, 15) is 9.18 Å². The van der Waals surface area contributed by atoms with Crippen molar-refractivity contribution in [2.24, 2.45) is 0 Å². The molecule has 0 spiro atoms. The van der Waals surface area contributed by atoms with E-state index < -0.39 is 6.17 Å². The first-order valence-electron chi connectivity index (χ1n) is 6.43. The molecule has 0 unspecified atom stereocenters. The third-order valence-corrected chi connectivity index (χ3v) is 3.56. The van der Waals surface area contributed by atoms with E-state index >= 15 is 0 Å². The number of halogens is 2. The molecule has 0 atom stereocenters. The van der Waals surface area contributed by atoms with E-state index in [0.717, 1.165) is 5.56 Å². The van der Waals surface area contributed by atoms with Crippen LogP contribution < -0.4 is 0 Å². The van der Waals surface area contributed by atoms with Crippen LogP contribution in [0.4, 0.5) is 4.39 Å². The molecule has 0 radical (unpaired) electrons. The van der Waals surface area contributed by atoms with Crippen LogP contribution in [0, 0.1) is 0 Å². The lowest BCUT2D eigenvalue weighted by Gasteiger charge is -2.28. The number of hydrogen-bond donors (Lipinski definition) is 0. The molecule has 0 bridgehead atoms. The van der Waals surface area contributed by atoms with Crippen LogP contribution in [0.2, 0.25) is 5.02 Å². The number of piperidine rings is 1. The number of alkyl halides is 1. The molecule has 1 saturated heterocycles. The Morgan fingerprint density at radius 2 is 1.89 bits per heavy atom. The van der Waals surface area contributed by atoms with E-state index in [0.29, 0.717) is 36.5 Å². The molecule has 0 saturated carbocycles. The maximum absolute atomic E-state index is 13.1. The van der Waals surface area contributed by atoms with Crippen molar-refractivity contribution >= 4 is 23.0 Å². The van der Waals surface area contributed by atoms with E-state index in [1.165, 1.54) is 0 Å². The molecule has 2 nitrogen and oxygen atoms in total. The molecule has 1 aliphatic heterocycles. The predicted octanol–water partition coefficient (Wildman–Crippen LogP) is 3.70. The van der Waals surface area contributed by atoms with Crippen molar-refractivity contribution in [3.8, 4) is 0 Å². The fourth-order valence-corrected chi connectivity index (χ4v) is 2.30. The van der Waals surface area contributed by atoms with Gasteiger partial charge in [0.15, 0.2) is 5.78 Å². The lowest BCUT2D eigenvalue weighted by molar-refractivity contribution is -0.111. The van der Waals surface area contributed by atoms with Gasteiger partial charge in [-0.25, -0.2) is 4.39 Å². The number of allylic oxidation sites excluding steroid dienone is 1. The summed E-state index contributed by atoms with van der Waals surface area (Å²) in [6.45, 7) is 2.86. The predicted molar refractivity (Wildman–Crippen MR) is 75.8 cm³/mol. The number of nitrogens with zero attached hydrogens (tertiary/aromatic N) is 1. The molecule has 1 aromatic rings. The van der Waals surface area contributed by atoms with Crippen LogP contribution in [-0.2, 0) is 4.79 Å². The number of benzene rings is 1. The monoisotopic (exact) mass is 281 g/mol. The third kappa shape index (κ3) is 3.80. The first kappa shape index (κ1) is 14.1. The van der Waals surface area contributed by atoms with Gasteiger partial charge < -0.3 is 4.90 Å². The highest BCUT2D eigenvalue weighted by molar-refractivity contribution is 6.30. The lowest BCUT2D eigenvalue weighted by atomic mass is 10.0. The molecule has 4 heteroatoms. The van der Waals surface area contributed by atoms with Crippen LogP contribution in [0.25, 0.3) is 5.57 Å². The number of likely N-dealkylation sites (tertiary alicyclic amines) is 1. The SMILES string of the molecule is CC(=O)/C(=C\N1CCC(F)CC1)c1ccc(Cl)cc1. The zero-order valence-electron chi connectivity index (χ0n) is 10.9. The maximum Gasteiger partial charge on any atom is 0.161 e. The van der Waals surface area contributed by atoms with Crippen LogP contribution in [0.5, 0.6) is 0 Å². The normalized spacial score (nSPS) is 17.6. The second-order valence-corrected chi connectivity index (χ2v) is 5.25. The summed E-state index contributed by atoms with van der Waals surface area (Å²) in [5.41, 5.74) is 1.49. The fraction of sp³-hybridized carbons (Fsp3) is 0.400. The highest BCUT2D eigenvalue weighted by Crippen LogP contribution is 2.21. The minimum atomic E-state index is -0.707. The largest absolute Gasteiger partial charge is 0.377 e. The average molecular weight is 282 g/mol. The summed E-state index contributed by atoms with van der Waals surface area (Å²) in [4.78, 5) is 13.8. The van der Waals surface area contributed by atoms with Crippen molar-refractivity contribution in [2.45, 2.75) is 25.9 Å². The number of ketones is 1. The maximum atomic E-state index is 13.1. The van der Waals surface area contributed by atoms with Gasteiger partial charge >= 0.3 is 0 Å². The summed E-state index contributed by atoms with van der Waals surface area (Å²) in [5.74, 6) is 0.00435. The number of carbonyl (C=O) groups is 1. The summed E-state index contributed by atoms with van der Waals surface area (Å²) in [6, 6.07) is 7.19. The van der Waals surface area contributed by atoms with Gasteiger partial charge in [-0.1, -0.05) is 23.7 Å². The summed E-state index contributed by atoms with van der Waals surface area (Å²) in [5, 5.41) is 0.643. The Labute approximate surface area is 117 Å². The molecule has 1 fully saturated rings. The Morgan fingerprint density at radius 3 is 2.42 bits per heavy atom. The molecule has 0 amide bonds. The second kappa shape index (κ2) is 6.20. The van der Waals surface area contributed by atoms with Gasteiger partial charge in [0.25, 0.3) is 0 Å². The van der Waals surface area contributed by atoms with E-state index in [-0.39, 0.29) is 5.78 Å². The van der Waals surface area contributed by atoms with Crippen LogP contribution in [0.15, 0.2) is 30.5 Å². The number of rotatable bonds is 3. The molecule has 0 aliphatic carbocycles. The van der Waals surface area contributed by atoms with Crippen molar-refractivity contribution in [1.82, 2.24) is 4.90 Å². The number of hydrogen-bond acceptors (Lipinski definition) is 2. The highest BCUT2D eigenvalue weighted by Gasteiger charge is 2.17. The van der Waals surface area contributed by atoms with Crippen LogP contribution in [0.3, 0.4) is 0 Å². The van der Waals surface area contributed by atoms with Crippen molar-refractivity contribution < 1.29 is 9.18 Å². The van der Waals surface area contributed by atoms with Gasteiger partial charge in [0, 0.05) is 29.9 Å². The number of carbonyl (C=O) groups excluding carboxylic acids is 1. The first-order valence-corrected chi connectivity index (χ1v) is 6.81. The summed E-state index contributed by atoms with van der Waals surface area (Å²) in [6.07, 6.45) is 2.20. The smallest absolute Gasteiger partial charge is 0.161 e. The molecular formula is C15H17ClFNO. The Kier molecular flexibility index (Phi) is 4.59. The summed E-state index contributed by atoms with van der Waals surface area (Å²) < 4.78 is 13.1. The van der Waals surface area contributed by atoms with E-state index in [1.807, 2.05) is 23.2 Å². The van der Waals surface area contributed by atoms with Crippen LogP contribution in [-0.4, -0.2) is 29.9 Å². The Bertz CT molecular complexity index is 475. The Balaban J connectivity index is 2.20. The molecule has 102 valence electrons. The molecule has 1 aliphatic rings. The Morgan fingerprint density at radius 1 is 1.32 bits per heavy atom. The molecule has 0 N–H and O–H groups in total. The van der Waals surface area contributed by atoms with Gasteiger partial charge in [-0.15, -0.1) is 0 Å². The fourth-order valence-electron chi connectivity index (χ4n) is 2.18. The highest BCUT2D eigenvalue weighted by atomic mass is 35.5.